The molecule has 3 aliphatic carbocycles. The molecule has 0 radical (unpaired) electrons. The van der Waals surface area contributed by atoms with Gasteiger partial charge in [0.15, 0.2) is 17.1 Å². The number of nitrogens with zero attached hydrogens (tertiary/aromatic N) is 7. The fourth-order valence-electron chi connectivity index (χ4n) is 15.2. The minimum Gasteiger partial charge on any atom is -0.496 e. The van der Waals surface area contributed by atoms with Gasteiger partial charge in [0.25, 0.3) is 17.7 Å². The van der Waals surface area contributed by atoms with Crippen molar-refractivity contribution in [1.29, 1.82) is 0 Å². The van der Waals surface area contributed by atoms with Gasteiger partial charge in [0.2, 0.25) is 17.7 Å². The predicted octanol–water partition coefficient (Wildman–Crippen LogP) is 15.3. The molecule has 6 amide bonds. The highest BCUT2D eigenvalue weighted by Gasteiger charge is 2.34. The Hall–Kier alpha value is -11.2. The molecule has 8 aromatic rings. The number of likely N-dealkylation sites (N-methyl/N-ethyl adjacent to an activating group) is 1. The van der Waals surface area contributed by atoms with Gasteiger partial charge < -0.3 is 64.6 Å². The highest BCUT2D eigenvalue weighted by Crippen LogP contribution is 2.43. The second-order valence-corrected chi connectivity index (χ2v) is 32.4. The van der Waals surface area contributed by atoms with Gasteiger partial charge in [-0.2, -0.15) is 15.3 Å². The predicted molar refractivity (Wildman–Crippen MR) is 466 cm³/mol. The lowest BCUT2D eigenvalue weighted by atomic mass is 9.85. The molecular formula is C94H128N12O14. The van der Waals surface area contributed by atoms with Gasteiger partial charge in [-0.15, -0.1) is 0 Å². The van der Waals surface area contributed by atoms with Crippen LogP contribution >= 0.6 is 0 Å². The van der Waals surface area contributed by atoms with Crippen LogP contribution in [0.5, 0.6) is 34.5 Å². The first-order chi connectivity index (χ1) is 57.9. The molecule has 3 saturated carbocycles. The molecular weight excluding hydrogens is 1520 g/mol. The van der Waals surface area contributed by atoms with Crippen LogP contribution in [0, 0.1) is 23.7 Å². The van der Waals surface area contributed by atoms with Crippen molar-refractivity contribution < 1.29 is 66.7 Å². The molecule has 1 unspecified atom stereocenters. The summed E-state index contributed by atoms with van der Waals surface area (Å²) >= 11 is 0. The van der Waals surface area contributed by atoms with Gasteiger partial charge in [0, 0.05) is 44.7 Å². The first-order valence-electron chi connectivity index (χ1n) is 42.8. The number of rotatable bonds is 40. The average molecular weight is 1650 g/mol. The number of methoxy groups -OCH3 is 7. The van der Waals surface area contributed by atoms with Gasteiger partial charge >= 0.3 is 5.97 Å². The second-order valence-electron chi connectivity index (χ2n) is 32.4. The molecule has 11 rings (SSSR count). The van der Waals surface area contributed by atoms with Crippen LogP contribution in [-0.4, -0.2) is 169 Å². The summed E-state index contributed by atoms with van der Waals surface area (Å²) in [7, 11) is 12.5. The smallest absolute Gasteiger partial charge is 0.325 e. The van der Waals surface area contributed by atoms with E-state index >= 15 is 0 Å². The van der Waals surface area contributed by atoms with Crippen molar-refractivity contribution >= 4 is 41.4 Å². The van der Waals surface area contributed by atoms with Crippen molar-refractivity contribution in [2.45, 2.75) is 226 Å². The molecule has 26 heteroatoms. The molecule has 5 aromatic carbocycles. The molecule has 0 bridgehead atoms. The number of esters is 1. The Kier molecular flexibility index (Phi) is 35.8. The molecule has 648 valence electrons. The van der Waals surface area contributed by atoms with E-state index in [1.165, 1.54) is 44.1 Å². The van der Waals surface area contributed by atoms with Gasteiger partial charge in [0.1, 0.15) is 53.1 Å². The van der Waals surface area contributed by atoms with E-state index in [1.807, 2.05) is 129 Å². The van der Waals surface area contributed by atoms with Crippen LogP contribution in [0.15, 0.2) is 133 Å². The standard InChI is InChI=1S/C33H50N4O6.C31H40N4O4.C30H38N4O4/c1-7-23(8-2)21-37-27(32-28(41-4)15-12-16-29(32)42-5)20-26(35-37)33(40)34-25(18-17-24-13-10-9-11-14-24)19-30(38)36(3)22-31(39)43-6;1-20(2)21(3)35-26(29-27(38-4)15-10-16-28(29)39-5)19-25(34-35)31(37)33-24(30(36)32-23-13-9-14-23)18-17-22-11-7-6-8-12-22;1-20(2)19-34-25(28-26(37-3)14-9-15-27(28)38-4)18-24(33-34)30(36)32-23(29(35)31-22-12-8-13-22)17-16-21-10-6-5-7-11-21/h12,15-16,20,23-25H,7-11,13-14,17-19,21-22H2,1-6H3,(H,34,40);6-8,10-12,15-16,19-21,23-24H,9,13-14,17-18H2,1-5H3,(H,32,36)(H,33,37);5-7,9-11,14-15,18,20,22-23H,8,12-13,16-17,19H2,1-4H3,(H,31,35)(H,32,36)/t25-;21?,24-;23-/m000/s1. The van der Waals surface area contributed by atoms with E-state index in [0.29, 0.717) is 91.5 Å². The van der Waals surface area contributed by atoms with E-state index in [9.17, 15) is 33.6 Å². The maximum absolute atomic E-state index is 13.8. The number of benzene rings is 5. The van der Waals surface area contributed by atoms with Crippen molar-refractivity contribution in [1.82, 2.24) is 60.8 Å². The maximum Gasteiger partial charge on any atom is 0.325 e. The van der Waals surface area contributed by atoms with Crippen molar-refractivity contribution in [3.63, 3.8) is 0 Å². The van der Waals surface area contributed by atoms with Crippen molar-refractivity contribution in [2.75, 3.05) is 63.4 Å². The van der Waals surface area contributed by atoms with Gasteiger partial charge in [-0.1, -0.05) is 165 Å². The van der Waals surface area contributed by atoms with Crippen LogP contribution < -0.4 is 55.0 Å². The lowest BCUT2D eigenvalue weighted by Gasteiger charge is -2.29. The number of carbonyl (C=O) groups excluding carboxylic acids is 7. The third-order valence-electron chi connectivity index (χ3n) is 23.2. The summed E-state index contributed by atoms with van der Waals surface area (Å²) in [5, 5.41) is 29.4. The zero-order valence-corrected chi connectivity index (χ0v) is 73.1. The summed E-state index contributed by atoms with van der Waals surface area (Å²) in [5.41, 5.74) is 7.36. The Bertz CT molecular complexity index is 4550. The first kappa shape index (κ1) is 92.7. The normalized spacial score (nSPS) is 14.4. The highest BCUT2D eigenvalue weighted by molar-refractivity contribution is 5.99. The average Bonchev–Trinajstić information content (AvgIpc) is 1.66. The van der Waals surface area contributed by atoms with Crippen LogP contribution in [0.1, 0.15) is 213 Å². The van der Waals surface area contributed by atoms with E-state index in [0.717, 1.165) is 103 Å². The van der Waals surface area contributed by atoms with E-state index in [2.05, 4.69) is 80.1 Å². The number of amides is 6. The maximum atomic E-state index is 13.8. The molecule has 3 fully saturated rings. The summed E-state index contributed by atoms with van der Waals surface area (Å²) in [4.78, 5) is 93.4. The zero-order valence-electron chi connectivity index (χ0n) is 73.1. The summed E-state index contributed by atoms with van der Waals surface area (Å²) in [6.07, 6.45) is 18.2. The molecule has 3 aromatic heterocycles. The summed E-state index contributed by atoms with van der Waals surface area (Å²) < 4.78 is 44.2. The number of aromatic nitrogens is 6. The lowest BCUT2D eigenvalue weighted by molar-refractivity contribution is -0.146. The Morgan fingerprint density at radius 3 is 1.25 bits per heavy atom. The molecule has 120 heavy (non-hydrogen) atoms. The monoisotopic (exact) mass is 1650 g/mol. The number of carbonyl (C=O) groups is 7. The Morgan fingerprint density at radius 1 is 0.467 bits per heavy atom. The van der Waals surface area contributed by atoms with Crippen molar-refractivity contribution in [2.24, 2.45) is 23.7 Å². The molecule has 5 N–H and O–H groups in total. The van der Waals surface area contributed by atoms with Crippen LogP contribution in [0.4, 0.5) is 0 Å². The number of ether oxygens (including phenoxy) is 7. The Balaban J connectivity index is 0.000000205. The molecule has 4 atom stereocenters. The molecule has 3 aliphatic rings. The number of nitrogens with one attached hydrogen (secondary N) is 5. The fraction of sp³-hybridized carbons (Fsp3) is 0.511. The first-order valence-corrected chi connectivity index (χ1v) is 42.8. The van der Waals surface area contributed by atoms with Crippen LogP contribution in [0.2, 0.25) is 0 Å². The second kappa shape index (κ2) is 46.4. The molecule has 0 aliphatic heterocycles. The molecule has 0 saturated heterocycles. The van der Waals surface area contributed by atoms with Crippen molar-refractivity contribution in [3.8, 4) is 68.3 Å². The van der Waals surface area contributed by atoms with Gasteiger partial charge in [-0.3, -0.25) is 47.6 Å². The summed E-state index contributed by atoms with van der Waals surface area (Å²) in [6.45, 7) is 15.9. The van der Waals surface area contributed by atoms with Gasteiger partial charge in [-0.25, -0.2) is 0 Å². The molecule has 3 heterocycles. The lowest BCUT2D eigenvalue weighted by Crippen LogP contribution is -2.51. The van der Waals surface area contributed by atoms with E-state index in [4.69, 9.17) is 43.4 Å². The zero-order chi connectivity index (χ0) is 86.4. The molecule has 26 nitrogen and oxygen atoms in total. The van der Waals surface area contributed by atoms with Crippen LogP contribution in [0.25, 0.3) is 33.8 Å². The Labute approximate surface area is 708 Å². The van der Waals surface area contributed by atoms with Crippen LogP contribution in [0.3, 0.4) is 0 Å². The summed E-state index contributed by atoms with van der Waals surface area (Å²) in [6, 6.07) is 40.6. The van der Waals surface area contributed by atoms with E-state index in [1.54, 1.807) is 67.9 Å². The third kappa shape index (κ3) is 25.7. The van der Waals surface area contributed by atoms with Gasteiger partial charge in [0.05, 0.1) is 89.6 Å². The quantitative estimate of drug-likeness (QED) is 0.0223. The fourth-order valence-corrected chi connectivity index (χ4v) is 15.2. The van der Waals surface area contributed by atoms with E-state index < -0.39 is 24.1 Å². The highest BCUT2D eigenvalue weighted by atomic mass is 16.5. The number of aryl methyl sites for hydroxylation is 2. The minimum atomic E-state index is -0.671. The largest absolute Gasteiger partial charge is 0.496 e. The number of hydrogen-bond donors (Lipinski definition) is 5. The van der Waals surface area contributed by atoms with E-state index in [-0.39, 0.29) is 95.5 Å². The SMILES string of the molecule is CCC(CC)Cn1nc(C(=O)N[C@@H](CCC2CCCCC2)CC(=O)N(C)CC(=O)OC)cc1-c1c(OC)cccc1OC.COc1cccc(OC)c1-c1cc(C(=O)N[C@@H](CCc2ccccc2)C(=O)NC2CCC2)nn1C(C)C(C)C.COc1cccc(OC)c1-c1cc(C(=O)N[C@@H](CCc2ccccc2)C(=O)NC2CCC2)nn1CC(C)C. The van der Waals surface area contributed by atoms with Gasteiger partial charge in [-0.05, 0) is 173 Å². The topological polar surface area (TPSA) is 301 Å². The van der Waals surface area contributed by atoms with Crippen molar-refractivity contribution in [3.05, 3.63) is 162 Å². The third-order valence-corrected chi connectivity index (χ3v) is 23.2. The summed E-state index contributed by atoms with van der Waals surface area (Å²) in [5.74, 6) is 3.16. The minimum absolute atomic E-state index is 0.00744. The molecule has 0 spiro atoms. The van der Waals surface area contributed by atoms with Crippen LogP contribution in [-0.2, 0) is 49.8 Å². The Morgan fingerprint density at radius 2 is 0.867 bits per heavy atom. The number of hydrogen-bond acceptors (Lipinski definition) is 17.